The zero-order valence-electron chi connectivity index (χ0n) is 17.9. The van der Waals surface area contributed by atoms with Crippen molar-refractivity contribution in [2.75, 3.05) is 37.0 Å². The molecule has 0 radical (unpaired) electrons. The first kappa shape index (κ1) is 20.8. The highest BCUT2D eigenvalue weighted by molar-refractivity contribution is 5.89. The zero-order chi connectivity index (χ0) is 21.6. The number of hydrogen-bond donors (Lipinski definition) is 1. The molecule has 1 aromatic carbocycles. The van der Waals surface area contributed by atoms with Crippen LogP contribution in [0, 0.1) is 5.92 Å². The SMILES string of the molecule is CCOC(=O)C1CCCN(c2nccc3nc(NCc4ccc(OC)cc4)ncc23)C1. The van der Waals surface area contributed by atoms with Gasteiger partial charge in [0.2, 0.25) is 5.95 Å². The van der Waals surface area contributed by atoms with E-state index in [9.17, 15) is 4.79 Å². The number of carbonyl (C=O) groups excluding carboxylic acids is 1. The molecular weight excluding hydrogens is 394 g/mol. The second-order valence-electron chi connectivity index (χ2n) is 7.50. The van der Waals surface area contributed by atoms with Crippen molar-refractivity contribution >= 4 is 28.6 Å². The minimum absolute atomic E-state index is 0.128. The van der Waals surface area contributed by atoms with E-state index in [4.69, 9.17) is 9.47 Å². The third kappa shape index (κ3) is 4.84. The summed E-state index contributed by atoms with van der Waals surface area (Å²) in [6.45, 7) is 4.30. The third-order valence-electron chi connectivity index (χ3n) is 5.44. The molecule has 1 aliphatic rings. The van der Waals surface area contributed by atoms with Crippen molar-refractivity contribution < 1.29 is 14.3 Å². The summed E-state index contributed by atoms with van der Waals surface area (Å²) < 4.78 is 10.4. The van der Waals surface area contributed by atoms with E-state index in [0.717, 1.165) is 47.4 Å². The van der Waals surface area contributed by atoms with Gasteiger partial charge in [-0.2, -0.15) is 0 Å². The first-order chi connectivity index (χ1) is 15.2. The second-order valence-corrected chi connectivity index (χ2v) is 7.50. The molecule has 4 rings (SSSR count). The van der Waals surface area contributed by atoms with Crippen LogP contribution in [0.1, 0.15) is 25.3 Å². The summed E-state index contributed by atoms with van der Waals surface area (Å²) in [6, 6.07) is 9.75. The number of anilines is 2. The number of esters is 1. The standard InChI is InChI=1S/C23H27N5O3/c1-3-31-22(29)17-5-4-12-28(15-17)21-19-14-26-23(27-20(19)10-11-24-21)25-13-16-6-8-18(30-2)9-7-16/h6-11,14,17H,3-5,12-13,15H2,1-2H3,(H,25,26,27). The van der Waals surface area contributed by atoms with E-state index in [1.54, 1.807) is 19.5 Å². The Bertz CT molecular complexity index is 1040. The average molecular weight is 422 g/mol. The first-order valence-corrected chi connectivity index (χ1v) is 10.6. The topological polar surface area (TPSA) is 89.5 Å². The van der Waals surface area contributed by atoms with Crippen LogP contribution >= 0.6 is 0 Å². The highest BCUT2D eigenvalue weighted by atomic mass is 16.5. The van der Waals surface area contributed by atoms with Crippen LogP contribution in [0.5, 0.6) is 5.75 Å². The first-order valence-electron chi connectivity index (χ1n) is 10.6. The summed E-state index contributed by atoms with van der Waals surface area (Å²) >= 11 is 0. The molecule has 1 fully saturated rings. The van der Waals surface area contributed by atoms with Gasteiger partial charge in [-0.05, 0) is 43.5 Å². The van der Waals surface area contributed by atoms with Crippen molar-refractivity contribution in [1.82, 2.24) is 15.0 Å². The molecule has 1 unspecified atom stereocenters. The van der Waals surface area contributed by atoms with E-state index in [1.165, 1.54) is 0 Å². The molecule has 0 bridgehead atoms. The lowest BCUT2D eigenvalue weighted by Crippen LogP contribution is -2.40. The van der Waals surface area contributed by atoms with Crippen LogP contribution in [-0.2, 0) is 16.1 Å². The molecular formula is C23H27N5O3. The predicted molar refractivity (Wildman–Crippen MR) is 119 cm³/mol. The largest absolute Gasteiger partial charge is 0.497 e. The summed E-state index contributed by atoms with van der Waals surface area (Å²) in [5, 5.41) is 4.14. The molecule has 1 saturated heterocycles. The number of fused-ring (bicyclic) bond motifs is 1. The van der Waals surface area contributed by atoms with Crippen LogP contribution < -0.4 is 15.0 Å². The van der Waals surface area contributed by atoms with Gasteiger partial charge in [-0.1, -0.05) is 12.1 Å². The Morgan fingerprint density at radius 3 is 2.84 bits per heavy atom. The van der Waals surface area contributed by atoms with Crippen molar-refractivity contribution in [3.63, 3.8) is 0 Å². The summed E-state index contributed by atoms with van der Waals surface area (Å²) in [5.41, 5.74) is 1.92. The number of nitrogens with zero attached hydrogens (tertiary/aromatic N) is 4. The number of piperidine rings is 1. The van der Waals surface area contributed by atoms with Gasteiger partial charge < -0.3 is 19.7 Å². The monoisotopic (exact) mass is 421 g/mol. The third-order valence-corrected chi connectivity index (χ3v) is 5.44. The molecule has 2 aromatic heterocycles. The van der Waals surface area contributed by atoms with Gasteiger partial charge in [0.05, 0.1) is 30.5 Å². The molecule has 0 amide bonds. The van der Waals surface area contributed by atoms with Crippen LogP contribution in [-0.4, -0.2) is 47.7 Å². The van der Waals surface area contributed by atoms with Gasteiger partial charge in [0.25, 0.3) is 0 Å². The van der Waals surface area contributed by atoms with Crippen LogP contribution in [0.2, 0.25) is 0 Å². The van der Waals surface area contributed by atoms with E-state index < -0.39 is 0 Å². The molecule has 0 aliphatic carbocycles. The molecule has 1 aliphatic heterocycles. The molecule has 31 heavy (non-hydrogen) atoms. The Labute approximate surface area is 181 Å². The molecule has 0 saturated carbocycles. The van der Waals surface area contributed by atoms with Crippen molar-refractivity contribution in [3.05, 3.63) is 48.3 Å². The fourth-order valence-electron chi connectivity index (χ4n) is 3.83. The summed E-state index contributed by atoms with van der Waals surface area (Å²) in [7, 11) is 1.65. The zero-order valence-corrected chi connectivity index (χ0v) is 17.9. The summed E-state index contributed by atoms with van der Waals surface area (Å²) in [6.07, 6.45) is 5.32. The number of carbonyl (C=O) groups is 1. The van der Waals surface area contributed by atoms with Crippen molar-refractivity contribution in [2.24, 2.45) is 5.92 Å². The molecule has 0 spiro atoms. The molecule has 8 nitrogen and oxygen atoms in total. The molecule has 162 valence electrons. The lowest BCUT2D eigenvalue weighted by atomic mass is 9.98. The van der Waals surface area contributed by atoms with Gasteiger partial charge in [-0.25, -0.2) is 15.0 Å². The van der Waals surface area contributed by atoms with Gasteiger partial charge in [0, 0.05) is 32.0 Å². The van der Waals surface area contributed by atoms with Crippen molar-refractivity contribution in [3.8, 4) is 5.75 Å². The molecule has 1 N–H and O–H groups in total. The van der Waals surface area contributed by atoms with E-state index in [-0.39, 0.29) is 11.9 Å². The maximum absolute atomic E-state index is 12.2. The number of aromatic nitrogens is 3. The minimum Gasteiger partial charge on any atom is -0.497 e. The highest BCUT2D eigenvalue weighted by Crippen LogP contribution is 2.28. The Morgan fingerprint density at radius 1 is 1.23 bits per heavy atom. The van der Waals surface area contributed by atoms with E-state index >= 15 is 0 Å². The lowest BCUT2D eigenvalue weighted by molar-refractivity contribution is -0.148. The van der Waals surface area contributed by atoms with Gasteiger partial charge >= 0.3 is 5.97 Å². The summed E-state index contributed by atoms with van der Waals surface area (Å²) in [5.74, 6) is 1.94. The quantitative estimate of drug-likeness (QED) is 0.581. The number of methoxy groups -OCH3 is 1. The van der Waals surface area contributed by atoms with Crippen LogP contribution in [0.15, 0.2) is 42.7 Å². The van der Waals surface area contributed by atoms with Gasteiger partial charge in [-0.3, -0.25) is 4.79 Å². The average Bonchev–Trinajstić information content (AvgIpc) is 2.82. The van der Waals surface area contributed by atoms with Gasteiger partial charge in [-0.15, -0.1) is 0 Å². The minimum atomic E-state index is -0.131. The van der Waals surface area contributed by atoms with Crippen molar-refractivity contribution in [1.29, 1.82) is 0 Å². The van der Waals surface area contributed by atoms with Gasteiger partial charge in [0.15, 0.2) is 0 Å². The Hall–Kier alpha value is -3.42. The van der Waals surface area contributed by atoms with E-state index in [1.807, 2.05) is 37.3 Å². The number of hydrogen-bond acceptors (Lipinski definition) is 8. The number of rotatable bonds is 7. The van der Waals surface area contributed by atoms with Crippen molar-refractivity contribution in [2.45, 2.75) is 26.3 Å². The predicted octanol–water partition coefficient (Wildman–Crippen LogP) is 3.43. The molecule has 8 heteroatoms. The number of pyridine rings is 1. The fraction of sp³-hybridized carbons (Fsp3) is 0.391. The highest BCUT2D eigenvalue weighted by Gasteiger charge is 2.28. The second kappa shape index (κ2) is 9.59. The lowest BCUT2D eigenvalue weighted by Gasteiger charge is -2.32. The van der Waals surface area contributed by atoms with Crippen LogP contribution in [0.25, 0.3) is 10.9 Å². The van der Waals surface area contributed by atoms with Crippen LogP contribution in [0.4, 0.5) is 11.8 Å². The fourth-order valence-corrected chi connectivity index (χ4v) is 3.83. The van der Waals surface area contributed by atoms with E-state index in [0.29, 0.717) is 25.6 Å². The number of ether oxygens (including phenoxy) is 2. The smallest absolute Gasteiger partial charge is 0.310 e. The van der Waals surface area contributed by atoms with Crippen LogP contribution in [0.3, 0.4) is 0 Å². The Morgan fingerprint density at radius 2 is 2.06 bits per heavy atom. The number of benzene rings is 1. The normalized spacial score (nSPS) is 16.2. The molecule has 3 heterocycles. The number of nitrogens with one attached hydrogen (secondary N) is 1. The molecule has 3 aromatic rings. The summed E-state index contributed by atoms with van der Waals surface area (Å²) in [4.78, 5) is 28.1. The Balaban J connectivity index is 1.49. The maximum atomic E-state index is 12.2. The maximum Gasteiger partial charge on any atom is 0.310 e. The Kier molecular flexibility index (Phi) is 6.45. The van der Waals surface area contributed by atoms with E-state index in [2.05, 4.69) is 25.2 Å². The van der Waals surface area contributed by atoms with Gasteiger partial charge in [0.1, 0.15) is 11.6 Å². The molecule has 1 atom stereocenters.